The van der Waals surface area contributed by atoms with Crippen LogP contribution < -0.4 is 0 Å². The molecule has 0 aliphatic carbocycles. The molecule has 0 bridgehead atoms. The second kappa shape index (κ2) is 26.0. The Morgan fingerprint density at radius 1 is 0.361 bits per heavy atom. The van der Waals surface area contributed by atoms with Crippen molar-refractivity contribution < 1.29 is 0 Å². The molecule has 0 spiro atoms. The lowest BCUT2D eigenvalue weighted by Crippen LogP contribution is -2.39. The second-order valence-corrected chi connectivity index (χ2v) is 11.8. The molecule has 214 valence electrons. The summed E-state index contributed by atoms with van der Waals surface area (Å²) in [4.78, 5) is 5.34. The van der Waals surface area contributed by atoms with E-state index in [-0.39, 0.29) is 0 Å². The predicted molar refractivity (Wildman–Crippen MR) is 163 cm³/mol. The van der Waals surface area contributed by atoms with E-state index in [1.54, 1.807) is 0 Å². The summed E-state index contributed by atoms with van der Waals surface area (Å²) in [5, 5.41) is 0. The molecule has 0 aromatic rings. The summed E-state index contributed by atoms with van der Waals surface area (Å²) in [6, 6.07) is 0. The molecule has 0 amide bonds. The average Bonchev–Trinajstić information content (AvgIpc) is 3.27. The fourth-order valence-corrected chi connectivity index (χ4v) is 5.81. The van der Waals surface area contributed by atoms with Crippen molar-refractivity contribution in [3.05, 3.63) is 12.4 Å². The van der Waals surface area contributed by atoms with Crippen LogP contribution in [0.3, 0.4) is 0 Å². The van der Waals surface area contributed by atoms with Gasteiger partial charge in [0, 0.05) is 25.5 Å². The van der Waals surface area contributed by atoms with Gasteiger partial charge in [0.15, 0.2) is 0 Å². The third kappa shape index (κ3) is 18.6. The highest BCUT2D eigenvalue weighted by Crippen LogP contribution is 2.23. The average molecular weight is 505 g/mol. The van der Waals surface area contributed by atoms with Crippen LogP contribution >= 0.6 is 0 Å². The topological polar surface area (TPSA) is 6.48 Å². The third-order valence-corrected chi connectivity index (χ3v) is 8.32. The molecule has 0 aromatic carbocycles. The Balaban J connectivity index is 2.09. The summed E-state index contributed by atoms with van der Waals surface area (Å²) in [6.45, 7) is 9.44. The maximum Gasteiger partial charge on any atom is 0.101 e. The fourth-order valence-electron chi connectivity index (χ4n) is 5.81. The number of hydrogen-bond donors (Lipinski definition) is 0. The molecule has 0 saturated carbocycles. The van der Waals surface area contributed by atoms with Gasteiger partial charge in [-0.15, -0.1) is 0 Å². The standard InChI is InChI=1S/C34H68N2/c1-4-7-10-12-14-16-18-20-22-24-26-28-31-36-33-32-35(30-9-6-3)34(36)29-27-25-23-21-19-17-15-13-11-8-5-2/h32-34H,4-31H2,1-3H3. The summed E-state index contributed by atoms with van der Waals surface area (Å²) in [6.07, 6.45) is 42.6. The minimum absolute atomic E-state index is 0.642. The van der Waals surface area contributed by atoms with Crippen LogP contribution in [0, 0.1) is 0 Å². The van der Waals surface area contributed by atoms with Crippen LogP contribution in [0.1, 0.15) is 188 Å². The van der Waals surface area contributed by atoms with Gasteiger partial charge in [-0.1, -0.05) is 162 Å². The molecule has 1 rings (SSSR count). The molecule has 0 N–H and O–H groups in total. The molecule has 1 aliphatic rings. The Morgan fingerprint density at radius 2 is 0.667 bits per heavy atom. The summed E-state index contributed by atoms with van der Waals surface area (Å²) < 4.78 is 0. The van der Waals surface area contributed by atoms with Crippen molar-refractivity contribution in [1.82, 2.24) is 9.80 Å². The van der Waals surface area contributed by atoms with E-state index in [2.05, 4.69) is 43.0 Å². The number of rotatable bonds is 28. The maximum absolute atomic E-state index is 2.68. The van der Waals surface area contributed by atoms with Gasteiger partial charge in [-0.05, 0) is 25.7 Å². The Hall–Kier alpha value is -0.660. The molecule has 0 aromatic heterocycles. The largest absolute Gasteiger partial charge is 0.356 e. The van der Waals surface area contributed by atoms with Gasteiger partial charge in [0.05, 0.1) is 0 Å². The first kappa shape index (κ1) is 33.4. The van der Waals surface area contributed by atoms with Gasteiger partial charge < -0.3 is 9.80 Å². The highest BCUT2D eigenvalue weighted by molar-refractivity contribution is 4.96. The van der Waals surface area contributed by atoms with Crippen molar-refractivity contribution in [2.45, 2.75) is 194 Å². The van der Waals surface area contributed by atoms with Crippen molar-refractivity contribution >= 4 is 0 Å². The Labute approximate surface area is 229 Å². The quantitative estimate of drug-likeness (QED) is 0.0977. The second-order valence-electron chi connectivity index (χ2n) is 11.8. The predicted octanol–water partition coefficient (Wildman–Crippen LogP) is 11.6. The van der Waals surface area contributed by atoms with E-state index in [0.29, 0.717) is 6.17 Å². The summed E-state index contributed by atoms with van der Waals surface area (Å²) >= 11 is 0. The van der Waals surface area contributed by atoms with Crippen molar-refractivity contribution in [2.24, 2.45) is 0 Å². The highest BCUT2D eigenvalue weighted by atomic mass is 15.4. The smallest absolute Gasteiger partial charge is 0.101 e. The molecule has 1 aliphatic heterocycles. The minimum Gasteiger partial charge on any atom is -0.356 e. The summed E-state index contributed by atoms with van der Waals surface area (Å²) in [5.41, 5.74) is 0. The SMILES string of the molecule is CCCCCCCCCCCCCCN1C=CN(CCCC)C1CCCCCCCCCCCCC. The Bertz CT molecular complexity index is 460. The fraction of sp³-hybridized carbons (Fsp3) is 0.941. The first-order valence-electron chi connectivity index (χ1n) is 17.0. The molecule has 1 atom stereocenters. The lowest BCUT2D eigenvalue weighted by atomic mass is 10.0. The van der Waals surface area contributed by atoms with Gasteiger partial charge >= 0.3 is 0 Å². The van der Waals surface area contributed by atoms with E-state index in [9.17, 15) is 0 Å². The van der Waals surface area contributed by atoms with Gasteiger partial charge in [0.2, 0.25) is 0 Å². The van der Waals surface area contributed by atoms with Crippen LogP contribution in [0.5, 0.6) is 0 Å². The van der Waals surface area contributed by atoms with E-state index < -0.39 is 0 Å². The Morgan fingerprint density at radius 3 is 1.06 bits per heavy atom. The molecule has 0 radical (unpaired) electrons. The number of unbranched alkanes of at least 4 members (excludes halogenated alkanes) is 22. The van der Waals surface area contributed by atoms with Gasteiger partial charge in [-0.25, -0.2) is 0 Å². The van der Waals surface area contributed by atoms with Gasteiger partial charge in [0.1, 0.15) is 6.17 Å². The lowest BCUT2D eigenvalue weighted by molar-refractivity contribution is 0.136. The first-order chi connectivity index (χ1) is 17.8. The van der Waals surface area contributed by atoms with E-state index in [1.807, 2.05) is 0 Å². The molecule has 2 heteroatoms. The molecule has 0 fully saturated rings. The van der Waals surface area contributed by atoms with E-state index in [1.165, 1.54) is 180 Å². The molecule has 1 heterocycles. The summed E-state index contributed by atoms with van der Waals surface area (Å²) in [7, 11) is 0. The van der Waals surface area contributed by atoms with Crippen molar-refractivity contribution in [3.8, 4) is 0 Å². The third-order valence-electron chi connectivity index (χ3n) is 8.32. The molecule has 1 unspecified atom stereocenters. The van der Waals surface area contributed by atoms with Gasteiger partial charge in [0.25, 0.3) is 0 Å². The van der Waals surface area contributed by atoms with Gasteiger partial charge in [-0.2, -0.15) is 0 Å². The molecule has 0 saturated heterocycles. The van der Waals surface area contributed by atoms with E-state index in [4.69, 9.17) is 0 Å². The minimum atomic E-state index is 0.642. The van der Waals surface area contributed by atoms with Crippen LogP contribution in [0.2, 0.25) is 0 Å². The lowest BCUT2D eigenvalue weighted by Gasteiger charge is -2.33. The van der Waals surface area contributed by atoms with Crippen LogP contribution in [0.4, 0.5) is 0 Å². The number of hydrogen-bond acceptors (Lipinski definition) is 2. The Kier molecular flexibility index (Phi) is 24.1. The van der Waals surface area contributed by atoms with Crippen molar-refractivity contribution in [3.63, 3.8) is 0 Å². The normalized spacial score (nSPS) is 15.5. The van der Waals surface area contributed by atoms with Crippen LogP contribution in [0.15, 0.2) is 12.4 Å². The van der Waals surface area contributed by atoms with Crippen LogP contribution in [-0.2, 0) is 0 Å². The zero-order valence-electron chi connectivity index (χ0n) is 25.4. The molecule has 36 heavy (non-hydrogen) atoms. The molecular formula is C34H68N2. The highest BCUT2D eigenvalue weighted by Gasteiger charge is 2.24. The van der Waals surface area contributed by atoms with Crippen molar-refractivity contribution in [2.75, 3.05) is 13.1 Å². The monoisotopic (exact) mass is 505 g/mol. The van der Waals surface area contributed by atoms with Gasteiger partial charge in [-0.3, -0.25) is 0 Å². The van der Waals surface area contributed by atoms with E-state index in [0.717, 1.165) is 0 Å². The number of nitrogens with zero attached hydrogens (tertiary/aromatic N) is 2. The molecule has 2 nitrogen and oxygen atoms in total. The molecular weight excluding hydrogens is 436 g/mol. The zero-order chi connectivity index (χ0) is 25.9. The first-order valence-corrected chi connectivity index (χ1v) is 17.0. The zero-order valence-corrected chi connectivity index (χ0v) is 25.4. The van der Waals surface area contributed by atoms with Crippen LogP contribution in [-0.4, -0.2) is 29.1 Å². The van der Waals surface area contributed by atoms with E-state index >= 15 is 0 Å². The maximum atomic E-state index is 2.68. The van der Waals surface area contributed by atoms with Crippen LogP contribution in [0.25, 0.3) is 0 Å². The van der Waals surface area contributed by atoms with Crippen molar-refractivity contribution in [1.29, 1.82) is 0 Å². The summed E-state index contributed by atoms with van der Waals surface area (Å²) in [5.74, 6) is 0.